The average molecular weight is 252 g/mol. The minimum Gasteiger partial charge on any atom is -0.317 e. The molecule has 2 atom stereocenters. The first-order chi connectivity index (χ1) is 7.95. The van der Waals surface area contributed by atoms with Crippen molar-refractivity contribution in [1.29, 1.82) is 0 Å². The van der Waals surface area contributed by atoms with Crippen molar-refractivity contribution in [3.8, 4) is 0 Å². The highest BCUT2D eigenvalue weighted by Gasteiger charge is 2.42. The lowest BCUT2D eigenvalue weighted by molar-refractivity contribution is -0.188. The van der Waals surface area contributed by atoms with E-state index in [1.165, 1.54) is 0 Å². The summed E-state index contributed by atoms with van der Waals surface area (Å²) in [7, 11) is 0. The molecule has 0 spiro atoms. The first-order valence-corrected chi connectivity index (χ1v) is 6.46. The predicted molar refractivity (Wildman–Crippen MR) is 63.0 cm³/mol. The minimum atomic E-state index is -4.03. The second-order valence-corrected chi connectivity index (χ2v) is 4.87. The van der Waals surface area contributed by atoms with Crippen LogP contribution < -0.4 is 5.32 Å². The number of alkyl halides is 3. The van der Waals surface area contributed by atoms with Gasteiger partial charge in [0, 0.05) is 12.6 Å². The maximum absolute atomic E-state index is 12.6. The van der Waals surface area contributed by atoms with E-state index < -0.39 is 12.1 Å². The topological polar surface area (TPSA) is 15.3 Å². The summed E-state index contributed by atoms with van der Waals surface area (Å²) in [5.74, 6) is -1.13. The fraction of sp³-hybridized carbons (Fsp3) is 1.00. The molecule has 0 saturated carbocycles. The zero-order valence-corrected chi connectivity index (χ0v) is 10.7. The van der Waals surface area contributed by atoms with Gasteiger partial charge < -0.3 is 10.2 Å². The number of rotatable bonds is 5. The van der Waals surface area contributed by atoms with Crippen molar-refractivity contribution in [2.75, 3.05) is 26.2 Å². The van der Waals surface area contributed by atoms with Crippen LogP contribution in [-0.4, -0.2) is 43.3 Å². The summed E-state index contributed by atoms with van der Waals surface area (Å²) < 4.78 is 37.9. The Morgan fingerprint density at radius 3 is 2.71 bits per heavy atom. The van der Waals surface area contributed by atoms with Gasteiger partial charge in [0.2, 0.25) is 0 Å². The fourth-order valence-electron chi connectivity index (χ4n) is 2.34. The van der Waals surface area contributed by atoms with E-state index >= 15 is 0 Å². The Morgan fingerprint density at radius 1 is 1.41 bits per heavy atom. The predicted octanol–water partition coefficient (Wildman–Crippen LogP) is 2.65. The first-order valence-electron chi connectivity index (χ1n) is 6.46. The lowest BCUT2D eigenvalue weighted by Gasteiger charge is -2.37. The molecule has 1 aliphatic heterocycles. The molecular formula is C12H23F3N2. The van der Waals surface area contributed by atoms with Crippen LogP contribution in [-0.2, 0) is 0 Å². The van der Waals surface area contributed by atoms with E-state index in [-0.39, 0.29) is 12.6 Å². The molecule has 2 unspecified atom stereocenters. The van der Waals surface area contributed by atoms with Crippen LogP contribution in [0.25, 0.3) is 0 Å². The molecule has 2 nitrogen and oxygen atoms in total. The SMILES string of the molecule is CCNCCC(C)N1CCCC(C(F)(F)F)C1. The van der Waals surface area contributed by atoms with E-state index in [0.29, 0.717) is 12.8 Å². The maximum atomic E-state index is 12.6. The third-order valence-electron chi connectivity index (χ3n) is 3.53. The van der Waals surface area contributed by atoms with Gasteiger partial charge in [0.15, 0.2) is 0 Å². The van der Waals surface area contributed by atoms with Crippen LogP contribution in [0.4, 0.5) is 13.2 Å². The van der Waals surface area contributed by atoms with Gasteiger partial charge in [-0.25, -0.2) is 0 Å². The number of nitrogens with one attached hydrogen (secondary N) is 1. The van der Waals surface area contributed by atoms with E-state index in [1.54, 1.807) is 0 Å². The Bertz CT molecular complexity index is 218. The molecule has 5 heteroatoms. The summed E-state index contributed by atoms with van der Waals surface area (Å²) in [6, 6.07) is 0.235. The van der Waals surface area contributed by atoms with E-state index in [2.05, 4.69) is 5.32 Å². The largest absolute Gasteiger partial charge is 0.393 e. The van der Waals surface area contributed by atoms with E-state index in [1.807, 2.05) is 18.7 Å². The van der Waals surface area contributed by atoms with E-state index in [4.69, 9.17) is 0 Å². The highest BCUT2D eigenvalue weighted by atomic mass is 19.4. The summed E-state index contributed by atoms with van der Waals surface area (Å²) in [6.07, 6.45) is -2.16. The average Bonchev–Trinajstić information content (AvgIpc) is 2.28. The Morgan fingerprint density at radius 2 is 2.12 bits per heavy atom. The van der Waals surface area contributed by atoms with Crippen LogP contribution in [0.5, 0.6) is 0 Å². The highest BCUT2D eigenvalue weighted by Crippen LogP contribution is 2.33. The molecule has 102 valence electrons. The van der Waals surface area contributed by atoms with Crippen molar-refractivity contribution in [3.63, 3.8) is 0 Å². The van der Waals surface area contributed by atoms with Crippen molar-refractivity contribution >= 4 is 0 Å². The van der Waals surface area contributed by atoms with Crippen LogP contribution >= 0.6 is 0 Å². The first kappa shape index (κ1) is 14.8. The van der Waals surface area contributed by atoms with Crippen LogP contribution in [0.15, 0.2) is 0 Å². The fourth-order valence-corrected chi connectivity index (χ4v) is 2.34. The molecular weight excluding hydrogens is 229 g/mol. The molecule has 0 bridgehead atoms. The monoisotopic (exact) mass is 252 g/mol. The summed E-state index contributed by atoms with van der Waals surface area (Å²) in [4.78, 5) is 1.99. The molecule has 0 aromatic carbocycles. The van der Waals surface area contributed by atoms with Crippen molar-refractivity contribution < 1.29 is 13.2 Å². The van der Waals surface area contributed by atoms with Gasteiger partial charge in [-0.15, -0.1) is 0 Å². The Balaban J connectivity index is 2.38. The van der Waals surface area contributed by atoms with Crippen LogP contribution in [0.2, 0.25) is 0 Å². The van der Waals surface area contributed by atoms with Gasteiger partial charge in [-0.3, -0.25) is 0 Å². The molecule has 1 aliphatic rings. The van der Waals surface area contributed by atoms with Crippen molar-refractivity contribution in [2.24, 2.45) is 5.92 Å². The van der Waals surface area contributed by atoms with Crippen LogP contribution in [0.1, 0.15) is 33.1 Å². The van der Waals surface area contributed by atoms with Gasteiger partial charge in [0.25, 0.3) is 0 Å². The zero-order chi connectivity index (χ0) is 12.9. The molecule has 0 amide bonds. The quantitative estimate of drug-likeness (QED) is 0.757. The molecule has 1 rings (SSSR count). The number of halogens is 3. The second kappa shape index (κ2) is 6.59. The van der Waals surface area contributed by atoms with Gasteiger partial charge in [-0.05, 0) is 45.8 Å². The Labute approximate surface area is 102 Å². The van der Waals surface area contributed by atoms with Crippen molar-refractivity contribution in [2.45, 2.75) is 45.3 Å². The van der Waals surface area contributed by atoms with Gasteiger partial charge in [0.05, 0.1) is 5.92 Å². The zero-order valence-electron chi connectivity index (χ0n) is 10.7. The summed E-state index contributed by atoms with van der Waals surface area (Å²) in [6.45, 7) is 6.83. The minimum absolute atomic E-state index is 0.177. The van der Waals surface area contributed by atoms with Gasteiger partial charge >= 0.3 is 6.18 Å². The second-order valence-electron chi connectivity index (χ2n) is 4.87. The third-order valence-corrected chi connectivity index (χ3v) is 3.53. The molecule has 1 saturated heterocycles. The Kier molecular flexibility index (Phi) is 5.73. The van der Waals surface area contributed by atoms with E-state index in [0.717, 1.165) is 26.1 Å². The summed E-state index contributed by atoms with van der Waals surface area (Å²) >= 11 is 0. The number of hydrogen-bond acceptors (Lipinski definition) is 2. The molecule has 0 aliphatic carbocycles. The molecule has 1 N–H and O–H groups in total. The summed E-state index contributed by atoms with van der Waals surface area (Å²) in [5.41, 5.74) is 0. The van der Waals surface area contributed by atoms with Crippen molar-refractivity contribution in [1.82, 2.24) is 10.2 Å². The van der Waals surface area contributed by atoms with E-state index in [9.17, 15) is 13.2 Å². The molecule has 1 heterocycles. The highest BCUT2D eigenvalue weighted by molar-refractivity contribution is 4.81. The molecule has 0 aromatic rings. The van der Waals surface area contributed by atoms with Crippen LogP contribution in [0.3, 0.4) is 0 Å². The Hall–Kier alpha value is -0.290. The lowest BCUT2D eigenvalue weighted by Crippen LogP contribution is -2.46. The molecule has 1 fully saturated rings. The molecule has 0 radical (unpaired) electrons. The summed E-state index contributed by atoms with van der Waals surface area (Å²) in [5, 5.41) is 3.21. The molecule has 0 aromatic heterocycles. The normalized spacial score (nSPS) is 24.9. The third kappa shape index (κ3) is 4.84. The number of piperidine rings is 1. The van der Waals surface area contributed by atoms with Crippen LogP contribution in [0, 0.1) is 5.92 Å². The van der Waals surface area contributed by atoms with Gasteiger partial charge in [-0.1, -0.05) is 6.92 Å². The van der Waals surface area contributed by atoms with Gasteiger partial charge in [-0.2, -0.15) is 13.2 Å². The van der Waals surface area contributed by atoms with Gasteiger partial charge in [0.1, 0.15) is 0 Å². The smallest absolute Gasteiger partial charge is 0.317 e. The maximum Gasteiger partial charge on any atom is 0.393 e. The number of likely N-dealkylation sites (tertiary alicyclic amines) is 1. The standard InChI is InChI=1S/C12H23F3N2/c1-3-16-7-6-10(2)17-8-4-5-11(9-17)12(13,14)15/h10-11,16H,3-9H2,1-2H3. The number of hydrogen-bond donors (Lipinski definition) is 1. The lowest BCUT2D eigenvalue weighted by atomic mass is 9.96. The molecule has 17 heavy (non-hydrogen) atoms. The van der Waals surface area contributed by atoms with Crippen molar-refractivity contribution in [3.05, 3.63) is 0 Å². The number of nitrogens with zero attached hydrogens (tertiary/aromatic N) is 1.